The number of hydrogen-bond donors (Lipinski definition) is 2. The van der Waals surface area contributed by atoms with Gasteiger partial charge in [0.25, 0.3) is 5.78 Å². The first-order chi connectivity index (χ1) is 11.5. The Morgan fingerprint density at radius 2 is 1.79 bits per heavy atom. The van der Waals surface area contributed by atoms with Crippen molar-refractivity contribution in [3.05, 3.63) is 54.0 Å². The van der Waals surface area contributed by atoms with Crippen LogP contribution in [0.15, 0.2) is 52.4 Å². The quantitative estimate of drug-likeness (QED) is 0.485. The van der Waals surface area contributed by atoms with Crippen LogP contribution in [0, 0.1) is 0 Å². The predicted octanol–water partition coefficient (Wildman–Crippen LogP) is 0.355. The average Bonchev–Trinajstić information content (AvgIpc) is 3.27. The van der Waals surface area contributed by atoms with Crippen molar-refractivity contribution in [2.75, 3.05) is 0 Å². The largest absolute Gasteiger partial charge is 0.349 e. The number of carbonyl (C=O) groups is 2. The van der Waals surface area contributed by atoms with Crippen molar-refractivity contribution < 1.29 is 18.0 Å². The lowest BCUT2D eigenvalue weighted by molar-refractivity contribution is -0.114. The van der Waals surface area contributed by atoms with Crippen LogP contribution in [-0.2, 0) is 21.1 Å². The van der Waals surface area contributed by atoms with Crippen molar-refractivity contribution in [3.8, 4) is 0 Å². The fourth-order valence-electron chi connectivity index (χ4n) is 2.04. The maximum atomic E-state index is 12.4. The minimum absolute atomic E-state index is 0.0523. The third kappa shape index (κ3) is 2.99. The van der Waals surface area contributed by atoms with Gasteiger partial charge in [0.05, 0.1) is 11.3 Å². The summed E-state index contributed by atoms with van der Waals surface area (Å²) in [6, 6.07) is 10.7. The Morgan fingerprint density at radius 3 is 2.46 bits per heavy atom. The Hall–Kier alpha value is -3.14. The maximum Gasteiger partial charge on any atom is 0.269 e. The number of tetrazole rings is 1. The van der Waals surface area contributed by atoms with Crippen molar-refractivity contribution in [2.45, 2.75) is 16.3 Å². The lowest BCUT2D eigenvalue weighted by Crippen LogP contribution is -2.18. The molecule has 122 valence electrons. The number of nitrogens with one attached hydrogen (secondary N) is 2. The standard InChI is InChI=1S/C14H11N5O4S/c20-11(13(21)14-16-18-19-17-14)8-9-6-7-12(15-9)24(22,23)10-4-2-1-3-5-10/h1-7,15H,8H2,(H,16,17,18,19). The number of benzene rings is 1. The normalized spacial score (nSPS) is 11.3. The molecule has 0 bridgehead atoms. The third-order valence-corrected chi connectivity index (χ3v) is 4.93. The fraction of sp³-hybridized carbons (Fsp3) is 0.0714. The second-order valence-corrected chi connectivity index (χ2v) is 6.75. The molecular formula is C14H11N5O4S. The predicted molar refractivity (Wildman–Crippen MR) is 79.9 cm³/mol. The highest BCUT2D eigenvalue weighted by atomic mass is 32.2. The van der Waals surface area contributed by atoms with Gasteiger partial charge in [0.15, 0.2) is 0 Å². The minimum Gasteiger partial charge on any atom is -0.349 e. The SMILES string of the molecule is O=C(Cc1ccc(S(=O)(=O)c2ccccc2)[nH]1)C(=O)c1nn[nH]n1. The molecule has 24 heavy (non-hydrogen) atoms. The summed E-state index contributed by atoms with van der Waals surface area (Å²) in [5, 5.41) is 12.1. The number of H-pyrrole nitrogens is 2. The van der Waals surface area contributed by atoms with E-state index in [0.29, 0.717) is 5.69 Å². The summed E-state index contributed by atoms with van der Waals surface area (Å²) in [5.74, 6) is -2.00. The van der Waals surface area contributed by atoms with Crippen molar-refractivity contribution in [3.63, 3.8) is 0 Å². The van der Waals surface area contributed by atoms with Gasteiger partial charge in [0.1, 0.15) is 5.03 Å². The van der Waals surface area contributed by atoms with Gasteiger partial charge in [0.2, 0.25) is 21.4 Å². The van der Waals surface area contributed by atoms with E-state index in [2.05, 4.69) is 25.6 Å². The maximum absolute atomic E-state index is 12.4. The highest BCUT2D eigenvalue weighted by Gasteiger charge is 2.23. The summed E-state index contributed by atoms with van der Waals surface area (Å²) in [6.45, 7) is 0. The number of nitrogens with zero attached hydrogens (tertiary/aromatic N) is 3. The average molecular weight is 345 g/mol. The zero-order valence-electron chi connectivity index (χ0n) is 12.1. The molecule has 0 saturated heterocycles. The Balaban J connectivity index is 1.79. The van der Waals surface area contributed by atoms with Crippen molar-refractivity contribution in [1.29, 1.82) is 0 Å². The van der Waals surface area contributed by atoms with Gasteiger partial charge < -0.3 is 4.98 Å². The molecule has 9 nitrogen and oxygen atoms in total. The van der Waals surface area contributed by atoms with Crippen LogP contribution in [0.4, 0.5) is 0 Å². The molecule has 3 aromatic rings. The summed E-state index contributed by atoms with van der Waals surface area (Å²) in [4.78, 5) is 26.5. The number of hydrogen-bond acceptors (Lipinski definition) is 7. The molecule has 0 aliphatic carbocycles. The highest BCUT2D eigenvalue weighted by molar-refractivity contribution is 7.91. The van der Waals surface area contributed by atoms with Crippen LogP contribution < -0.4 is 0 Å². The molecule has 0 fully saturated rings. The summed E-state index contributed by atoms with van der Waals surface area (Å²) in [6.07, 6.45) is -0.294. The van der Waals surface area contributed by atoms with E-state index in [0.717, 1.165) is 0 Å². The Bertz CT molecular complexity index is 977. The molecule has 0 aliphatic heterocycles. The highest BCUT2D eigenvalue weighted by Crippen LogP contribution is 2.20. The van der Waals surface area contributed by atoms with E-state index in [1.807, 2.05) is 0 Å². The summed E-state index contributed by atoms with van der Waals surface area (Å²) < 4.78 is 24.9. The second kappa shape index (κ2) is 6.16. The van der Waals surface area contributed by atoms with Crippen LogP contribution >= 0.6 is 0 Å². The van der Waals surface area contributed by atoms with Gasteiger partial charge in [-0.3, -0.25) is 9.59 Å². The van der Waals surface area contributed by atoms with Crippen molar-refractivity contribution in [1.82, 2.24) is 25.6 Å². The zero-order chi connectivity index (χ0) is 17.2. The summed E-state index contributed by atoms with van der Waals surface area (Å²) in [5.41, 5.74) is 0.298. The van der Waals surface area contributed by atoms with Crippen LogP contribution in [0.1, 0.15) is 16.3 Å². The molecule has 0 amide bonds. The molecule has 2 heterocycles. The Kier molecular flexibility index (Phi) is 4.04. The van der Waals surface area contributed by atoms with Crippen LogP contribution in [0.2, 0.25) is 0 Å². The van der Waals surface area contributed by atoms with E-state index >= 15 is 0 Å². The lowest BCUT2D eigenvalue weighted by Gasteiger charge is -2.01. The van der Waals surface area contributed by atoms with Crippen LogP contribution in [-0.4, -0.2) is 45.6 Å². The van der Waals surface area contributed by atoms with Gasteiger partial charge in [-0.15, -0.1) is 10.2 Å². The first kappa shape index (κ1) is 15.7. The van der Waals surface area contributed by atoms with Gasteiger partial charge in [-0.1, -0.05) is 18.2 Å². The zero-order valence-corrected chi connectivity index (χ0v) is 12.9. The molecular weight excluding hydrogens is 334 g/mol. The van der Waals surface area contributed by atoms with E-state index in [1.54, 1.807) is 18.2 Å². The minimum atomic E-state index is -3.71. The van der Waals surface area contributed by atoms with Crippen LogP contribution in [0.5, 0.6) is 0 Å². The number of rotatable bonds is 6. The second-order valence-electron chi connectivity index (χ2n) is 4.83. The molecule has 0 unspecified atom stereocenters. The molecule has 0 aliphatic rings. The molecule has 0 radical (unpaired) electrons. The smallest absolute Gasteiger partial charge is 0.269 e. The number of Topliss-reactive ketones (excluding diaryl/α,β-unsaturated/α-hetero) is 2. The summed E-state index contributed by atoms with van der Waals surface area (Å²) in [7, 11) is -3.71. The fourth-order valence-corrected chi connectivity index (χ4v) is 3.32. The first-order valence-corrected chi connectivity index (χ1v) is 8.26. The number of aromatic nitrogens is 5. The third-order valence-electron chi connectivity index (χ3n) is 3.22. The molecule has 2 N–H and O–H groups in total. The molecule has 2 aromatic heterocycles. The van der Waals surface area contributed by atoms with E-state index in [1.165, 1.54) is 24.3 Å². The molecule has 0 atom stereocenters. The van der Waals surface area contributed by atoms with E-state index in [-0.39, 0.29) is 22.2 Å². The molecule has 0 saturated carbocycles. The Morgan fingerprint density at radius 1 is 1.04 bits per heavy atom. The molecule has 3 rings (SSSR count). The van der Waals surface area contributed by atoms with Crippen LogP contribution in [0.3, 0.4) is 0 Å². The van der Waals surface area contributed by atoms with Crippen LogP contribution in [0.25, 0.3) is 0 Å². The number of aromatic amines is 2. The van der Waals surface area contributed by atoms with Crippen molar-refractivity contribution >= 4 is 21.4 Å². The van der Waals surface area contributed by atoms with Gasteiger partial charge in [0, 0.05) is 5.69 Å². The number of sulfone groups is 1. The summed E-state index contributed by atoms with van der Waals surface area (Å²) >= 11 is 0. The molecule has 10 heteroatoms. The van der Waals surface area contributed by atoms with Crippen molar-refractivity contribution in [2.24, 2.45) is 0 Å². The van der Waals surface area contributed by atoms with Gasteiger partial charge >= 0.3 is 0 Å². The Labute approximate surface area is 136 Å². The molecule has 1 aromatic carbocycles. The van der Waals surface area contributed by atoms with Gasteiger partial charge in [-0.05, 0) is 29.5 Å². The number of carbonyl (C=O) groups excluding carboxylic acids is 2. The van der Waals surface area contributed by atoms with E-state index in [4.69, 9.17) is 0 Å². The first-order valence-electron chi connectivity index (χ1n) is 6.77. The number of ketones is 2. The topological polar surface area (TPSA) is 139 Å². The van der Waals surface area contributed by atoms with E-state index in [9.17, 15) is 18.0 Å². The monoisotopic (exact) mass is 345 g/mol. The van der Waals surface area contributed by atoms with Gasteiger partial charge in [-0.25, -0.2) is 8.42 Å². The lowest BCUT2D eigenvalue weighted by atomic mass is 10.1. The van der Waals surface area contributed by atoms with E-state index < -0.39 is 21.4 Å². The van der Waals surface area contributed by atoms with Gasteiger partial charge in [-0.2, -0.15) is 5.21 Å². The molecule has 0 spiro atoms.